The molecule has 1 aliphatic carbocycles. The highest BCUT2D eigenvalue weighted by molar-refractivity contribution is 5.67. The molecule has 0 bridgehead atoms. The molecule has 0 aromatic rings. The Morgan fingerprint density at radius 3 is 2.80 bits per heavy atom. The Morgan fingerprint density at radius 1 is 1.60 bits per heavy atom. The minimum absolute atomic E-state index is 0.105. The number of carbonyl (C=O) groups is 1. The predicted octanol–water partition coefficient (Wildman–Crippen LogP) is 2.75. The first-order valence-electron chi connectivity index (χ1n) is 5.35. The van der Waals surface area contributed by atoms with Crippen LogP contribution in [-0.2, 0) is 4.79 Å². The van der Waals surface area contributed by atoms with Gasteiger partial charge in [0.25, 0.3) is 0 Å². The average molecular weight is 210 g/mol. The Kier molecular flexibility index (Phi) is 3.95. The van der Waals surface area contributed by atoms with E-state index in [9.17, 15) is 9.90 Å². The zero-order chi connectivity index (χ0) is 11.4. The van der Waals surface area contributed by atoms with Crippen molar-refractivity contribution in [3.63, 3.8) is 0 Å². The molecule has 0 spiro atoms. The molecule has 0 aromatic heterocycles. The molecule has 0 radical (unpaired) electrons. The van der Waals surface area contributed by atoms with E-state index in [2.05, 4.69) is 0 Å². The van der Waals surface area contributed by atoms with Gasteiger partial charge in [0.15, 0.2) is 0 Å². The third-order valence-electron chi connectivity index (χ3n) is 2.99. The molecule has 0 aliphatic heterocycles. The van der Waals surface area contributed by atoms with Crippen LogP contribution in [0, 0.1) is 17.8 Å². The van der Waals surface area contributed by atoms with Crippen LogP contribution < -0.4 is 0 Å². The summed E-state index contributed by atoms with van der Waals surface area (Å²) in [5.74, 6) is 0.115. The van der Waals surface area contributed by atoms with E-state index in [4.69, 9.17) is 5.11 Å². The highest BCUT2D eigenvalue weighted by atomic mass is 16.4. The van der Waals surface area contributed by atoms with E-state index in [1.807, 2.05) is 26.0 Å². The van der Waals surface area contributed by atoms with Crippen LogP contribution in [0.1, 0.15) is 26.7 Å². The quantitative estimate of drug-likeness (QED) is 0.750. The van der Waals surface area contributed by atoms with Gasteiger partial charge in [-0.2, -0.15) is 0 Å². The summed E-state index contributed by atoms with van der Waals surface area (Å²) in [7, 11) is 0. The zero-order valence-electron chi connectivity index (χ0n) is 9.18. The molecule has 1 rings (SSSR count). The molecule has 3 nitrogen and oxygen atoms in total. The van der Waals surface area contributed by atoms with Gasteiger partial charge in [0.05, 0.1) is 0 Å². The molecule has 3 heteroatoms. The van der Waals surface area contributed by atoms with Gasteiger partial charge < -0.3 is 10.2 Å². The maximum Gasteiger partial charge on any atom is 0.303 e. The minimum atomic E-state index is -0.760. The van der Waals surface area contributed by atoms with Crippen LogP contribution in [0.5, 0.6) is 0 Å². The second kappa shape index (κ2) is 5.01. The van der Waals surface area contributed by atoms with Gasteiger partial charge in [-0.15, -0.1) is 0 Å². The summed E-state index contributed by atoms with van der Waals surface area (Å²) in [5, 5.41) is 18.1. The lowest BCUT2D eigenvalue weighted by atomic mass is 9.77. The lowest BCUT2D eigenvalue weighted by Gasteiger charge is -2.28. The average Bonchev–Trinajstić information content (AvgIpc) is 2.16. The smallest absolute Gasteiger partial charge is 0.303 e. The van der Waals surface area contributed by atoms with Crippen LogP contribution in [0.4, 0.5) is 0 Å². The van der Waals surface area contributed by atoms with Gasteiger partial charge in [0.2, 0.25) is 0 Å². The molecule has 3 atom stereocenters. The number of hydrogen-bond acceptors (Lipinski definition) is 2. The summed E-state index contributed by atoms with van der Waals surface area (Å²) in [4.78, 5) is 10.6. The van der Waals surface area contributed by atoms with E-state index in [0.29, 0.717) is 5.76 Å². The van der Waals surface area contributed by atoms with Crippen molar-refractivity contribution in [2.75, 3.05) is 0 Å². The van der Waals surface area contributed by atoms with E-state index < -0.39 is 5.97 Å². The number of hydrogen-bond donors (Lipinski definition) is 2. The second-order valence-electron chi connectivity index (χ2n) is 4.18. The summed E-state index contributed by atoms with van der Waals surface area (Å²) in [5.41, 5.74) is 0. The Bertz CT molecular complexity index is 291. The third-order valence-corrected chi connectivity index (χ3v) is 2.99. The third kappa shape index (κ3) is 3.11. The normalized spacial score (nSPS) is 27.2. The lowest BCUT2D eigenvalue weighted by Crippen LogP contribution is -2.22. The van der Waals surface area contributed by atoms with E-state index in [-0.39, 0.29) is 24.2 Å². The standard InChI is InChI=1S/C12H18O3/c1-3-9-7-10(13)4-5-11(9)8(2)6-12(14)15/h4-5,7-9,11,13H,3,6H2,1-2H3,(H,14,15). The highest BCUT2D eigenvalue weighted by Gasteiger charge is 2.26. The van der Waals surface area contributed by atoms with Crippen molar-refractivity contribution in [3.8, 4) is 0 Å². The van der Waals surface area contributed by atoms with Crippen molar-refractivity contribution in [3.05, 3.63) is 24.0 Å². The Hall–Kier alpha value is -1.25. The molecule has 2 N–H and O–H groups in total. The first-order chi connectivity index (χ1) is 7.04. The summed E-state index contributed by atoms with van der Waals surface area (Å²) in [6.45, 7) is 4.00. The summed E-state index contributed by atoms with van der Waals surface area (Å²) >= 11 is 0. The van der Waals surface area contributed by atoms with Crippen molar-refractivity contribution in [2.45, 2.75) is 26.7 Å². The van der Waals surface area contributed by atoms with Gasteiger partial charge in [-0.1, -0.05) is 19.9 Å². The molecule has 0 saturated heterocycles. The van der Waals surface area contributed by atoms with Crippen LogP contribution in [0.15, 0.2) is 24.0 Å². The number of carboxylic acids is 1. The Morgan fingerprint density at radius 2 is 2.27 bits per heavy atom. The predicted molar refractivity (Wildman–Crippen MR) is 58.5 cm³/mol. The number of aliphatic carboxylic acids is 1. The number of aliphatic hydroxyl groups is 1. The van der Waals surface area contributed by atoms with Crippen LogP contribution in [-0.4, -0.2) is 16.2 Å². The fourth-order valence-corrected chi connectivity index (χ4v) is 2.15. The first kappa shape index (κ1) is 11.8. The van der Waals surface area contributed by atoms with Gasteiger partial charge in [-0.3, -0.25) is 4.79 Å². The largest absolute Gasteiger partial charge is 0.508 e. The van der Waals surface area contributed by atoms with Gasteiger partial charge in [0, 0.05) is 6.42 Å². The van der Waals surface area contributed by atoms with Crippen LogP contribution in [0.2, 0.25) is 0 Å². The molecule has 0 heterocycles. The molecule has 3 unspecified atom stereocenters. The lowest BCUT2D eigenvalue weighted by molar-refractivity contribution is -0.138. The molecule has 1 aliphatic rings. The summed E-state index contributed by atoms with van der Waals surface area (Å²) in [6, 6.07) is 0. The fourth-order valence-electron chi connectivity index (χ4n) is 2.15. The van der Waals surface area contributed by atoms with Crippen LogP contribution >= 0.6 is 0 Å². The molecule has 0 aromatic carbocycles. The SMILES string of the molecule is CCC1C=C(O)C=CC1C(C)CC(=O)O. The maximum atomic E-state index is 10.6. The van der Waals surface area contributed by atoms with Crippen molar-refractivity contribution < 1.29 is 15.0 Å². The topological polar surface area (TPSA) is 57.5 Å². The molecular weight excluding hydrogens is 192 g/mol. The van der Waals surface area contributed by atoms with E-state index in [1.165, 1.54) is 0 Å². The van der Waals surface area contributed by atoms with Crippen molar-refractivity contribution in [1.29, 1.82) is 0 Å². The molecule has 0 fully saturated rings. The minimum Gasteiger partial charge on any atom is -0.508 e. The fraction of sp³-hybridized carbons (Fsp3) is 0.583. The van der Waals surface area contributed by atoms with Gasteiger partial charge >= 0.3 is 5.97 Å². The van der Waals surface area contributed by atoms with E-state index in [0.717, 1.165) is 6.42 Å². The van der Waals surface area contributed by atoms with Gasteiger partial charge in [-0.05, 0) is 36.3 Å². The van der Waals surface area contributed by atoms with E-state index in [1.54, 1.807) is 6.08 Å². The maximum absolute atomic E-state index is 10.6. The van der Waals surface area contributed by atoms with Crippen molar-refractivity contribution in [2.24, 2.45) is 17.8 Å². The highest BCUT2D eigenvalue weighted by Crippen LogP contribution is 2.32. The Labute approximate surface area is 90.1 Å². The number of rotatable bonds is 4. The molecule has 0 amide bonds. The van der Waals surface area contributed by atoms with Crippen LogP contribution in [0.3, 0.4) is 0 Å². The molecule has 84 valence electrons. The monoisotopic (exact) mass is 210 g/mol. The summed E-state index contributed by atoms with van der Waals surface area (Å²) < 4.78 is 0. The van der Waals surface area contributed by atoms with Gasteiger partial charge in [-0.25, -0.2) is 0 Å². The number of aliphatic hydroxyl groups excluding tert-OH is 1. The molecule has 0 saturated carbocycles. The van der Waals surface area contributed by atoms with E-state index >= 15 is 0 Å². The number of carboxylic acid groups (broad SMARTS) is 1. The van der Waals surface area contributed by atoms with Gasteiger partial charge in [0.1, 0.15) is 5.76 Å². The molecular formula is C12H18O3. The van der Waals surface area contributed by atoms with Crippen molar-refractivity contribution in [1.82, 2.24) is 0 Å². The zero-order valence-corrected chi connectivity index (χ0v) is 9.18. The second-order valence-corrected chi connectivity index (χ2v) is 4.18. The number of allylic oxidation sites excluding steroid dienone is 3. The molecule has 15 heavy (non-hydrogen) atoms. The Balaban J connectivity index is 2.69. The summed E-state index contributed by atoms with van der Waals surface area (Å²) in [6.07, 6.45) is 6.51. The first-order valence-corrected chi connectivity index (χ1v) is 5.35. The van der Waals surface area contributed by atoms with Crippen molar-refractivity contribution >= 4 is 5.97 Å². The van der Waals surface area contributed by atoms with Crippen LogP contribution in [0.25, 0.3) is 0 Å².